The Morgan fingerprint density at radius 3 is 2.45 bits per heavy atom. The Labute approximate surface area is 169 Å². The first-order valence-corrected chi connectivity index (χ1v) is 10.3. The van der Waals surface area contributed by atoms with Crippen molar-refractivity contribution >= 4 is 17.1 Å². The molecule has 8 nitrogen and oxygen atoms in total. The number of rotatable bonds is 5. The van der Waals surface area contributed by atoms with E-state index in [0.29, 0.717) is 43.3 Å². The van der Waals surface area contributed by atoms with Gasteiger partial charge in [0, 0.05) is 32.2 Å². The van der Waals surface area contributed by atoms with Crippen LogP contribution >= 0.6 is 0 Å². The zero-order valence-corrected chi connectivity index (χ0v) is 17.0. The molecule has 1 saturated heterocycles. The van der Waals surface area contributed by atoms with Crippen LogP contribution in [-0.2, 0) is 19.6 Å². The number of hydrogen-bond acceptors (Lipinski definition) is 5. The topological polar surface area (TPSA) is 91.1 Å². The number of nitrogens with zero attached hydrogens (tertiary/aromatic N) is 5. The number of fused-ring (bicyclic) bond motifs is 1. The van der Waals surface area contributed by atoms with E-state index in [1.165, 1.54) is 4.57 Å². The highest BCUT2D eigenvalue weighted by Gasteiger charge is 2.26. The van der Waals surface area contributed by atoms with Gasteiger partial charge in [-0.1, -0.05) is 30.3 Å². The van der Waals surface area contributed by atoms with Crippen LogP contribution < -0.4 is 21.9 Å². The third-order valence-corrected chi connectivity index (χ3v) is 5.65. The second-order valence-electron chi connectivity index (χ2n) is 7.58. The highest BCUT2D eigenvalue weighted by Crippen LogP contribution is 2.24. The van der Waals surface area contributed by atoms with Crippen LogP contribution in [0.25, 0.3) is 11.2 Å². The van der Waals surface area contributed by atoms with E-state index in [-0.39, 0.29) is 17.3 Å². The van der Waals surface area contributed by atoms with E-state index in [1.807, 2.05) is 48.7 Å². The van der Waals surface area contributed by atoms with Gasteiger partial charge in [-0.25, -0.2) is 4.79 Å². The Balaban J connectivity index is 2.00. The smallest absolute Gasteiger partial charge is 0.332 e. The van der Waals surface area contributed by atoms with Gasteiger partial charge in [-0.15, -0.1) is 0 Å². The van der Waals surface area contributed by atoms with E-state index < -0.39 is 0 Å². The second kappa shape index (κ2) is 7.87. The van der Waals surface area contributed by atoms with Gasteiger partial charge in [0.05, 0.1) is 6.54 Å². The number of aryl methyl sites for hydroxylation is 1. The summed E-state index contributed by atoms with van der Waals surface area (Å²) in [5.41, 5.74) is 7.63. The van der Waals surface area contributed by atoms with Crippen LogP contribution in [0.1, 0.15) is 32.3 Å². The molecular weight excluding hydrogens is 368 g/mol. The minimum Gasteiger partial charge on any atom is -0.341 e. The zero-order valence-electron chi connectivity index (χ0n) is 17.0. The highest BCUT2D eigenvalue weighted by atomic mass is 16.2. The first kappa shape index (κ1) is 19.4. The number of nitrogens with two attached hydrogens (primary N) is 1. The molecule has 29 heavy (non-hydrogen) atoms. The van der Waals surface area contributed by atoms with Gasteiger partial charge in [0.1, 0.15) is 0 Å². The van der Waals surface area contributed by atoms with Gasteiger partial charge in [0.15, 0.2) is 11.2 Å². The summed E-state index contributed by atoms with van der Waals surface area (Å²) >= 11 is 0. The summed E-state index contributed by atoms with van der Waals surface area (Å²) in [5.74, 6) is 0.714. The molecule has 1 aromatic carbocycles. The minimum absolute atomic E-state index is 0.0782. The van der Waals surface area contributed by atoms with Crippen LogP contribution in [0.2, 0.25) is 0 Å². The molecule has 154 valence electrons. The molecule has 2 aromatic heterocycles. The van der Waals surface area contributed by atoms with Crippen molar-refractivity contribution in [3.05, 3.63) is 56.7 Å². The van der Waals surface area contributed by atoms with Crippen molar-refractivity contribution in [1.29, 1.82) is 0 Å². The molecule has 0 radical (unpaired) electrons. The van der Waals surface area contributed by atoms with Gasteiger partial charge in [-0.2, -0.15) is 4.98 Å². The van der Waals surface area contributed by atoms with Crippen molar-refractivity contribution in [2.24, 2.45) is 5.73 Å². The number of anilines is 1. The summed E-state index contributed by atoms with van der Waals surface area (Å²) in [5, 5.41) is 0. The van der Waals surface area contributed by atoms with Crippen LogP contribution in [0.3, 0.4) is 0 Å². The van der Waals surface area contributed by atoms with E-state index in [2.05, 4.69) is 4.90 Å². The molecule has 0 spiro atoms. The lowest BCUT2D eigenvalue weighted by atomic mass is 10.1. The molecule has 0 amide bonds. The van der Waals surface area contributed by atoms with Gasteiger partial charge >= 0.3 is 5.69 Å². The summed E-state index contributed by atoms with van der Waals surface area (Å²) in [4.78, 5) is 33.0. The molecule has 1 fully saturated rings. The molecule has 1 aliphatic heterocycles. The molecule has 3 aromatic rings. The van der Waals surface area contributed by atoms with E-state index in [0.717, 1.165) is 24.9 Å². The molecule has 0 saturated carbocycles. The third-order valence-electron chi connectivity index (χ3n) is 5.65. The summed E-state index contributed by atoms with van der Waals surface area (Å²) in [6, 6.07) is 10.1. The Bertz CT molecular complexity index is 1130. The minimum atomic E-state index is -0.307. The number of imidazole rings is 1. The summed E-state index contributed by atoms with van der Waals surface area (Å²) in [6.07, 6.45) is 1.97. The van der Waals surface area contributed by atoms with Gasteiger partial charge < -0.3 is 10.6 Å². The molecular formula is C21H28N6O2. The van der Waals surface area contributed by atoms with E-state index in [9.17, 15) is 9.59 Å². The monoisotopic (exact) mass is 396 g/mol. The normalized spacial score (nSPS) is 17.2. The molecule has 8 heteroatoms. The quantitative estimate of drug-likeness (QED) is 0.703. The zero-order chi connectivity index (χ0) is 20.5. The fraction of sp³-hybridized carbons (Fsp3) is 0.476. The average Bonchev–Trinajstić information content (AvgIpc) is 3.09. The van der Waals surface area contributed by atoms with Gasteiger partial charge in [0.2, 0.25) is 5.95 Å². The predicted molar refractivity (Wildman–Crippen MR) is 115 cm³/mol. The highest BCUT2D eigenvalue weighted by molar-refractivity contribution is 5.75. The van der Waals surface area contributed by atoms with Crippen molar-refractivity contribution in [2.75, 3.05) is 18.0 Å². The SMILES string of the molecule is CCn1c(=O)c2c(nc(N3CCCC(N)C3)n2Cc2ccccc2)n(CC)c1=O. The molecule has 1 atom stereocenters. The number of hydrogen-bond donors (Lipinski definition) is 1. The fourth-order valence-corrected chi connectivity index (χ4v) is 4.19. The van der Waals surface area contributed by atoms with Crippen LogP contribution in [0, 0.1) is 0 Å². The molecule has 1 aliphatic rings. The van der Waals surface area contributed by atoms with Crippen LogP contribution in [-0.4, -0.2) is 37.8 Å². The maximum Gasteiger partial charge on any atom is 0.332 e. The largest absolute Gasteiger partial charge is 0.341 e. The van der Waals surface area contributed by atoms with Gasteiger partial charge in [-0.05, 0) is 32.3 Å². The lowest BCUT2D eigenvalue weighted by Crippen LogP contribution is -2.44. The van der Waals surface area contributed by atoms with Crippen molar-refractivity contribution < 1.29 is 0 Å². The van der Waals surface area contributed by atoms with Crippen LogP contribution in [0.15, 0.2) is 39.9 Å². The Kier molecular flexibility index (Phi) is 5.27. The lowest BCUT2D eigenvalue weighted by Gasteiger charge is -2.31. The Morgan fingerprint density at radius 2 is 1.79 bits per heavy atom. The van der Waals surface area contributed by atoms with Crippen LogP contribution in [0.5, 0.6) is 0 Å². The first-order chi connectivity index (χ1) is 14.0. The van der Waals surface area contributed by atoms with Gasteiger partial charge in [0.25, 0.3) is 5.56 Å². The molecule has 3 heterocycles. The molecule has 1 unspecified atom stereocenters. The van der Waals surface area contributed by atoms with E-state index >= 15 is 0 Å². The third kappa shape index (κ3) is 3.37. The van der Waals surface area contributed by atoms with Crippen molar-refractivity contribution in [2.45, 2.75) is 52.4 Å². The lowest BCUT2D eigenvalue weighted by molar-refractivity contribution is 0.495. The van der Waals surface area contributed by atoms with Crippen molar-refractivity contribution in [3.63, 3.8) is 0 Å². The summed E-state index contributed by atoms with van der Waals surface area (Å²) in [6.45, 7) is 6.54. The van der Waals surface area contributed by atoms with E-state index in [4.69, 9.17) is 10.7 Å². The molecule has 0 aliphatic carbocycles. The maximum absolute atomic E-state index is 13.3. The van der Waals surface area contributed by atoms with Crippen molar-refractivity contribution in [1.82, 2.24) is 18.7 Å². The fourth-order valence-electron chi connectivity index (χ4n) is 4.19. The Morgan fingerprint density at radius 1 is 1.07 bits per heavy atom. The Hall–Kier alpha value is -2.87. The molecule has 2 N–H and O–H groups in total. The number of piperidine rings is 1. The molecule has 4 rings (SSSR count). The first-order valence-electron chi connectivity index (χ1n) is 10.3. The molecule has 0 bridgehead atoms. The van der Waals surface area contributed by atoms with E-state index in [1.54, 1.807) is 4.57 Å². The van der Waals surface area contributed by atoms with Crippen LogP contribution in [0.4, 0.5) is 5.95 Å². The van der Waals surface area contributed by atoms with Gasteiger partial charge in [-0.3, -0.25) is 18.5 Å². The van der Waals surface area contributed by atoms with Crippen molar-refractivity contribution in [3.8, 4) is 0 Å². The number of aromatic nitrogens is 4. The predicted octanol–water partition coefficient (Wildman–Crippen LogP) is 1.38. The maximum atomic E-state index is 13.3. The second-order valence-corrected chi connectivity index (χ2v) is 7.58. The standard InChI is InChI=1S/C21H28N6O2/c1-3-25-18-17(19(28)26(4-2)21(25)29)27(13-15-9-6-5-7-10-15)20(23-18)24-12-8-11-16(22)14-24/h5-7,9-10,16H,3-4,8,11-14,22H2,1-2H3. The summed E-state index contributed by atoms with van der Waals surface area (Å²) in [7, 11) is 0. The summed E-state index contributed by atoms with van der Waals surface area (Å²) < 4.78 is 4.85. The number of benzene rings is 1. The average molecular weight is 396 g/mol.